The Bertz CT molecular complexity index is 399. The molecular weight excluding hydrogens is 366 g/mol. The summed E-state index contributed by atoms with van der Waals surface area (Å²) in [6.45, 7) is 4.05. The van der Waals surface area contributed by atoms with Crippen LogP contribution in [0.25, 0.3) is 0 Å². The minimum Gasteiger partial charge on any atom is -0.338 e. The molecule has 0 aliphatic carbocycles. The normalized spacial score (nSPS) is 19.9. The molecule has 5 heteroatoms. The van der Waals surface area contributed by atoms with Crippen LogP contribution in [0.3, 0.4) is 0 Å². The third kappa shape index (κ3) is 3.12. The summed E-state index contributed by atoms with van der Waals surface area (Å²) in [5.74, 6) is 0.885. The first-order chi connectivity index (χ1) is 8.11. The first-order valence-corrected chi connectivity index (χ1v) is 8.26. The largest absolute Gasteiger partial charge is 0.338 e. The lowest BCUT2D eigenvalue weighted by Crippen LogP contribution is -2.27. The number of hydrogen-bond donors (Lipinski definition) is 0. The molecule has 1 aliphatic heterocycles. The van der Waals surface area contributed by atoms with Crippen molar-refractivity contribution in [3.8, 4) is 0 Å². The summed E-state index contributed by atoms with van der Waals surface area (Å²) >= 11 is 8.36. The monoisotopic (exact) mass is 379 g/mol. The Balaban J connectivity index is 2.02. The number of rotatable bonds is 3. The molecule has 1 aromatic heterocycles. The molecule has 1 aromatic rings. The average molecular weight is 381 g/mol. The van der Waals surface area contributed by atoms with Crippen molar-refractivity contribution in [2.45, 2.75) is 26.2 Å². The highest BCUT2D eigenvalue weighted by molar-refractivity contribution is 9.13. The van der Waals surface area contributed by atoms with Crippen LogP contribution in [0.15, 0.2) is 14.3 Å². The SMILES string of the molecule is CCCC1CCN(C(=O)c2cc(Br)c(Br)s2)C1. The number of carbonyl (C=O) groups excluding carboxylic acids is 1. The Kier molecular flexibility index (Phi) is 4.66. The van der Waals surface area contributed by atoms with Crippen LogP contribution in [0.4, 0.5) is 0 Å². The van der Waals surface area contributed by atoms with Gasteiger partial charge in [-0.2, -0.15) is 0 Å². The first-order valence-electron chi connectivity index (χ1n) is 5.86. The molecule has 2 heterocycles. The second-order valence-corrected chi connectivity index (χ2v) is 7.65. The van der Waals surface area contributed by atoms with Crippen LogP contribution >= 0.6 is 43.2 Å². The molecule has 1 unspecified atom stereocenters. The quantitative estimate of drug-likeness (QED) is 0.753. The second-order valence-electron chi connectivity index (χ2n) is 4.43. The Morgan fingerprint density at radius 2 is 2.35 bits per heavy atom. The molecule has 94 valence electrons. The Hall–Kier alpha value is 0.130. The van der Waals surface area contributed by atoms with Gasteiger partial charge in [-0.3, -0.25) is 4.79 Å². The van der Waals surface area contributed by atoms with E-state index in [1.54, 1.807) is 0 Å². The van der Waals surface area contributed by atoms with Crippen molar-refractivity contribution in [3.63, 3.8) is 0 Å². The highest BCUT2D eigenvalue weighted by atomic mass is 79.9. The summed E-state index contributed by atoms with van der Waals surface area (Å²) in [6.07, 6.45) is 3.61. The lowest BCUT2D eigenvalue weighted by molar-refractivity contribution is 0.0791. The van der Waals surface area contributed by atoms with E-state index in [4.69, 9.17) is 0 Å². The molecular formula is C12H15Br2NOS. The van der Waals surface area contributed by atoms with Gasteiger partial charge < -0.3 is 4.90 Å². The Morgan fingerprint density at radius 1 is 1.59 bits per heavy atom. The third-order valence-electron chi connectivity index (χ3n) is 3.13. The molecule has 2 nitrogen and oxygen atoms in total. The molecule has 1 saturated heterocycles. The third-order valence-corrected chi connectivity index (χ3v) is 6.37. The van der Waals surface area contributed by atoms with Gasteiger partial charge in [0.2, 0.25) is 0 Å². The van der Waals surface area contributed by atoms with Crippen LogP contribution in [-0.2, 0) is 0 Å². The molecule has 0 aromatic carbocycles. The molecule has 0 radical (unpaired) electrons. The fraction of sp³-hybridized carbons (Fsp3) is 0.583. The summed E-state index contributed by atoms with van der Waals surface area (Å²) in [7, 11) is 0. The number of hydrogen-bond acceptors (Lipinski definition) is 2. The molecule has 0 N–H and O–H groups in total. The van der Waals surface area contributed by atoms with Crippen LogP contribution in [0.1, 0.15) is 35.9 Å². The Labute approximate surface area is 123 Å². The van der Waals surface area contributed by atoms with Crippen molar-refractivity contribution in [1.82, 2.24) is 4.90 Å². The zero-order valence-corrected chi connectivity index (χ0v) is 13.7. The smallest absolute Gasteiger partial charge is 0.264 e. The standard InChI is InChI=1S/C12H15Br2NOS/c1-2-3-8-4-5-15(7-8)12(16)10-6-9(13)11(14)17-10/h6,8H,2-5,7H2,1H3. The highest BCUT2D eigenvalue weighted by Crippen LogP contribution is 2.34. The summed E-state index contributed by atoms with van der Waals surface area (Å²) in [6, 6.07) is 1.91. The number of likely N-dealkylation sites (tertiary alicyclic amines) is 1. The molecule has 1 atom stereocenters. The van der Waals surface area contributed by atoms with E-state index in [-0.39, 0.29) is 5.91 Å². The Morgan fingerprint density at radius 3 is 2.94 bits per heavy atom. The van der Waals surface area contributed by atoms with Gasteiger partial charge in [-0.25, -0.2) is 0 Å². The molecule has 0 spiro atoms. The number of carbonyl (C=O) groups is 1. The number of thiophene rings is 1. The second kappa shape index (κ2) is 5.85. The van der Waals surface area contributed by atoms with Crippen LogP contribution < -0.4 is 0 Å². The molecule has 1 amide bonds. The molecule has 2 rings (SSSR count). The summed E-state index contributed by atoms with van der Waals surface area (Å²) in [4.78, 5) is 15.1. The van der Waals surface area contributed by atoms with E-state index in [0.29, 0.717) is 5.92 Å². The van der Waals surface area contributed by atoms with E-state index < -0.39 is 0 Å². The van der Waals surface area contributed by atoms with Gasteiger partial charge in [-0.15, -0.1) is 11.3 Å². The van der Waals surface area contributed by atoms with Crippen molar-refractivity contribution in [2.75, 3.05) is 13.1 Å². The van der Waals surface area contributed by atoms with Crippen molar-refractivity contribution in [1.29, 1.82) is 0 Å². The zero-order chi connectivity index (χ0) is 12.4. The zero-order valence-electron chi connectivity index (χ0n) is 9.71. The summed E-state index contributed by atoms with van der Waals surface area (Å²) < 4.78 is 1.96. The summed E-state index contributed by atoms with van der Waals surface area (Å²) in [5.41, 5.74) is 0. The molecule has 0 bridgehead atoms. The lowest BCUT2D eigenvalue weighted by Gasteiger charge is -2.15. The molecule has 1 fully saturated rings. The van der Waals surface area contributed by atoms with Crippen molar-refractivity contribution < 1.29 is 4.79 Å². The van der Waals surface area contributed by atoms with Gasteiger partial charge in [0.25, 0.3) is 5.91 Å². The minimum absolute atomic E-state index is 0.181. The van der Waals surface area contributed by atoms with E-state index >= 15 is 0 Å². The van der Waals surface area contributed by atoms with Gasteiger partial charge in [-0.05, 0) is 56.7 Å². The van der Waals surface area contributed by atoms with Gasteiger partial charge in [0.05, 0.1) is 8.66 Å². The van der Waals surface area contributed by atoms with Crippen LogP contribution in [0.5, 0.6) is 0 Å². The summed E-state index contributed by atoms with van der Waals surface area (Å²) in [5, 5.41) is 0. The van der Waals surface area contributed by atoms with Gasteiger partial charge >= 0.3 is 0 Å². The molecule has 1 aliphatic rings. The minimum atomic E-state index is 0.181. The van der Waals surface area contributed by atoms with Gasteiger partial charge in [0.15, 0.2) is 0 Å². The van der Waals surface area contributed by atoms with Crippen LogP contribution in [0, 0.1) is 5.92 Å². The predicted octanol–water partition coefficient (Wildman–Crippen LogP) is 4.54. The maximum Gasteiger partial charge on any atom is 0.264 e. The number of halogens is 2. The first kappa shape index (κ1) is 13.6. The predicted molar refractivity (Wildman–Crippen MR) is 78.6 cm³/mol. The lowest BCUT2D eigenvalue weighted by atomic mass is 10.0. The van der Waals surface area contributed by atoms with Crippen molar-refractivity contribution in [2.24, 2.45) is 5.92 Å². The van der Waals surface area contributed by atoms with E-state index in [0.717, 1.165) is 32.6 Å². The van der Waals surface area contributed by atoms with E-state index in [1.165, 1.54) is 24.2 Å². The highest BCUT2D eigenvalue weighted by Gasteiger charge is 2.27. The van der Waals surface area contributed by atoms with E-state index in [2.05, 4.69) is 38.8 Å². The molecule has 17 heavy (non-hydrogen) atoms. The molecule has 0 saturated carbocycles. The van der Waals surface area contributed by atoms with Gasteiger partial charge in [0, 0.05) is 17.6 Å². The van der Waals surface area contributed by atoms with Crippen LogP contribution in [-0.4, -0.2) is 23.9 Å². The maximum atomic E-state index is 12.3. The maximum absolute atomic E-state index is 12.3. The fourth-order valence-corrected chi connectivity index (χ4v) is 4.27. The van der Waals surface area contributed by atoms with Gasteiger partial charge in [-0.1, -0.05) is 13.3 Å². The fourth-order valence-electron chi connectivity index (χ4n) is 2.27. The van der Waals surface area contributed by atoms with Crippen LogP contribution in [0.2, 0.25) is 0 Å². The van der Waals surface area contributed by atoms with Gasteiger partial charge in [0.1, 0.15) is 0 Å². The number of amides is 1. The van der Waals surface area contributed by atoms with Crippen molar-refractivity contribution >= 4 is 49.1 Å². The van der Waals surface area contributed by atoms with Crippen molar-refractivity contribution in [3.05, 3.63) is 19.2 Å². The topological polar surface area (TPSA) is 20.3 Å². The van der Waals surface area contributed by atoms with E-state index in [1.807, 2.05) is 11.0 Å². The average Bonchev–Trinajstić information content (AvgIpc) is 2.87. The number of nitrogens with zero attached hydrogens (tertiary/aromatic N) is 1. The van der Waals surface area contributed by atoms with E-state index in [9.17, 15) is 4.79 Å².